The lowest BCUT2D eigenvalue weighted by atomic mass is 10.1. The third-order valence-corrected chi connectivity index (χ3v) is 3.74. The lowest BCUT2D eigenvalue weighted by Gasteiger charge is -2.18. The SMILES string of the molecule is COc1ccc(C)cc1CN1CCC(CCO)C1. The van der Waals surface area contributed by atoms with Gasteiger partial charge in [0.15, 0.2) is 0 Å². The van der Waals surface area contributed by atoms with Crippen molar-refractivity contribution >= 4 is 0 Å². The summed E-state index contributed by atoms with van der Waals surface area (Å²) in [5.41, 5.74) is 2.54. The van der Waals surface area contributed by atoms with Crippen molar-refractivity contribution in [2.24, 2.45) is 5.92 Å². The van der Waals surface area contributed by atoms with E-state index in [1.54, 1.807) is 7.11 Å². The van der Waals surface area contributed by atoms with Crippen molar-refractivity contribution in [2.45, 2.75) is 26.3 Å². The average molecular weight is 249 g/mol. The first-order valence-corrected chi connectivity index (χ1v) is 6.69. The van der Waals surface area contributed by atoms with E-state index in [2.05, 4.69) is 24.0 Å². The van der Waals surface area contributed by atoms with Crippen LogP contribution in [0.1, 0.15) is 24.0 Å². The summed E-state index contributed by atoms with van der Waals surface area (Å²) in [7, 11) is 1.73. The van der Waals surface area contributed by atoms with E-state index in [0.717, 1.165) is 31.8 Å². The Balaban J connectivity index is 1.99. The van der Waals surface area contributed by atoms with Gasteiger partial charge in [0, 0.05) is 25.3 Å². The van der Waals surface area contributed by atoms with Crippen molar-refractivity contribution in [3.05, 3.63) is 29.3 Å². The quantitative estimate of drug-likeness (QED) is 0.868. The van der Waals surface area contributed by atoms with Gasteiger partial charge in [-0.05, 0) is 38.3 Å². The van der Waals surface area contributed by atoms with Crippen LogP contribution in [0.2, 0.25) is 0 Å². The van der Waals surface area contributed by atoms with E-state index in [4.69, 9.17) is 9.84 Å². The van der Waals surface area contributed by atoms with E-state index in [1.807, 2.05) is 6.07 Å². The summed E-state index contributed by atoms with van der Waals surface area (Å²) in [4.78, 5) is 2.46. The molecule has 1 aliphatic heterocycles. The van der Waals surface area contributed by atoms with Crippen LogP contribution in [0.15, 0.2) is 18.2 Å². The summed E-state index contributed by atoms with van der Waals surface area (Å²) >= 11 is 0. The zero-order valence-electron chi connectivity index (χ0n) is 11.4. The number of rotatable bonds is 5. The summed E-state index contributed by atoms with van der Waals surface area (Å²) in [5, 5.41) is 8.98. The Kier molecular flexibility index (Phi) is 4.61. The fourth-order valence-corrected chi connectivity index (χ4v) is 2.75. The molecule has 1 atom stereocenters. The Labute approximate surface area is 109 Å². The summed E-state index contributed by atoms with van der Waals surface area (Å²) in [6.45, 7) is 5.60. The number of aliphatic hydroxyl groups is 1. The highest BCUT2D eigenvalue weighted by molar-refractivity contribution is 5.36. The lowest BCUT2D eigenvalue weighted by Crippen LogP contribution is -2.20. The molecule has 1 aromatic carbocycles. The monoisotopic (exact) mass is 249 g/mol. The molecule has 0 aliphatic carbocycles. The molecule has 0 amide bonds. The molecule has 1 heterocycles. The molecule has 18 heavy (non-hydrogen) atoms. The fraction of sp³-hybridized carbons (Fsp3) is 0.600. The van der Waals surface area contributed by atoms with Crippen LogP contribution in [0.4, 0.5) is 0 Å². The van der Waals surface area contributed by atoms with Crippen LogP contribution >= 0.6 is 0 Å². The van der Waals surface area contributed by atoms with Crippen molar-refractivity contribution < 1.29 is 9.84 Å². The summed E-state index contributed by atoms with van der Waals surface area (Å²) in [6.07, 6.45) is 2.14. The van der Waals surface area contributed by atoms with Crippen molar-refractivity contribution in [1.82, 2.24) is 4.90 Å². The molecule has 1 aromatic rings. The van der Waals surface area contributed by atoms with E-state index in [9.17, 15) is 0 Å². The van der Waals surface area contributed by atoms with Crippen molar-refractivity contribution in [3.63, 3.8) is 0 Å². The van der Waals surface area contributed by atoms with Crippen LogP contribution in [0.3, 0.4) is 0 Å². The van der Waals surface area contributed by atoms with Crippen LogP contribution < -0.4 is 4.74 Å². The van der Waals surface area contributed by atoms with E-state index in [0.29, 0.717) is 12.5 Å². The van der Waals surface area contributed by atoms with Gasteiger partial charge in [0.25, 0.3) is 0 Å². The summed E-state index contributed by atoms with van der Waals surface area (Å²) < 4.78 is 5.42. The second-order valence-corrected chi connectivity index (χ2v) is 5.22. The number of hydrogen-bond acceptors (Lipinski definition) is 3. The Morgan fingerprint density at radius 2 is 2.28 bits per heavy atom. The van der Waals surface area contributed by atoms with Gasteiger partial charge >= 0.3 is 0 Å². The molecule has 1 saturated heterocycles. The zero-order chi connectivity index (χ0) is 13.0. The van der Waals surface area contributed by atoms with Crippen LogP contribution in [-0.4, -0.2) is 36.8 Å². The number of nitrogens with zero attached hydrogens (tertiary/aromatic N) is 1. The third kappa shape index (κ3) is 3.24. The first-order valence-electron chi connectivity index (χ1n) is 6.69. The molecule has 0 radical (unpaired) electrons. The number of likely N-dealkylation sites (tertiary alicyclic amines) is 1. The maximum Gasteiger partial charge on any atom is 0.123 e. The first-order chi connectivity index (χ1) is 8.72. The van der Waals surface area contributed by atoms with E-state index >= 15 is 0 Å². The molecule has 0 spiro atoms. The zero-order valence-corrected chi connectivity index (χ0v) is 11.4. The van der Waals surface area contributed by atoms with Gasteiger partial charge < -0.3 is 9.84 Å². The minimum absolute atomic E-state index is 0.312. The Morgan fingerprint density at radius 3 is 3.00 bits per heavy atom. The average Bonchev–Trinajstić information content (AvgIpc) is 2.77. The third-order valence-electron chi connectivity index (χ3n) is 3.74. The van der Waals surface area contributed by atoms with Gasteiger partial charge in [-0.3, -0.25) is 4.90 Å². The highest BCUT2D eigenvalue weighted by Gasteiger charge is 2.22. The first kappa shape index (κ1) is 13.4. The Bertz CT molecular complexity index is 392. The van der Waals surface area contributed by atoms with Gasteiger partial charge in [-0.1, -0.05) is 17.7 Å². The molecule has 0 saturated carbocycles. The minimum Gasteiger partial charge on any atom is -0.496 e. The van der Waals surface area contributed by atoms with Crippen LogP contribution in [0.25, 0.3) is 0 Å². The van der Waals surface area contributed by atoms with Crippen LogP contribution in [0, 0.1) is 12.8 Å². The van der Waals surface area contributed by atoms with E-state index < -0.39 is 0 Å². The highest BCUT2D eigenvalue weighted by Crippen LogP contribution is 2.25. The predicted molar refractivity (Wildman–Crippen MR) is 72.8 cm³/mol. The molecule has 3 nitrogen and oxygen atoms in total. The van der Waals surface area contributed by atoms with Crippen molar-refractivity contribution in [3.8, 4) is 5.75 Å². The number of aliphatic hydroxyl groups excluding tert-OH is 1. The molecule has 2 rings (SSSR count). The van der Waals surface area contributed by atoms with Crippen LogP contribution in [0.5, 0.6) is 5.75 Å². The molecule has 1 N–H and O–H groups in total. The largest absolute Gasteiger partial charge is 0.496 e. The van der Waals surface area contributed by atoms with Gasteiger partial charge in [0.1, 0.15) is 5.75 Å². The normalized spacial score (nSPS) is 20.3. The van der Waals surface area contributed by atoms with Gasteiger partial charge in [-0.2, -0.15) is 0 Å². The van der Waals surface area contributed by atoms with Gasteiger partial charge in [0.2, 0.25) is 0 Å². The molecule has 1 aliphatic rings. The summed E-state index contributed by atoms with van der Waals surface area (Å²) in [5.74, 6) is 1.64. The van der Waals surface area contributed by atoms with Crippen molar-refractivity contribution in [2.75, 3.05) is 26.8 Å². The molecule has 3 heteroatoms. The molecular weight excluding hydrogens is 226 g/mol. The highest BCUT2D eigenvalue weighted by atomic mass is 16.5. The van der Waals surface area contributed by atoms with Gasteiger partial charge in [-0.25, -0.2) is 0 Å². The van der Waals surface area contributed by atoms with Gasteiger partial charge in [-0.15, -0.1) is 0 Å². The molecule has 0 aromatic heterocycles. The van der Waals surface area contributed by atoms with E-state index in [-0.39, 0.29) is 0 Å². The topological polar surface area (TPSA) is 32.7 Å². The second kappa shape index (κ2) is 6.21. The maximum absolute atomic E-state index is 8.98. The number of ether oxygens (including phenoxy) is 1. The summed E-state index contributed by atoms with van der Waals surface area (Å²) in [6, 6.07) is 6.34. The number of methoxy groups -OCH3 is 1. The molecule has 1 fully saturated rings. The standard InChI is InChI=1S/C15H23NO2/c1-12-3-4-15(18-2)14(9-12)11-16-7-5-13(10-16)6-8-17/h3-4,9,13,17H,5-8,10-11H2,1-2H3. The predicted octanol–water partition coefficient (Wildman–Crippen LogP) is 2.21. The molecule has 0 bridgehead atoms. The minimum atomic E-state index is 0.312. The molecular formula is C15H23NO2. The number of benzene rings is 1. The lowest BCUT2D eigenvalue weighted by molar-refractivity contribution is 0.248. The number of hydrogen-bond donors (Lipinski definition) is 1. The van der Waals surface area contributed by atoms with Crippen molar-refractivity contribution in [1.29, 1.82) is 0 Å². The van der Waals surface area contributed by atoms with Gasteiger partial charge in [0.05, 0.1) is 7.11 Å². The maximum atomic E-state index is 8.98. The van der Waals surface area contributed by atoms with E-state index in [1.165, 1.54) is 17.5 Å². The molecule has 100 valence electrons. The fourth-order valence-electron chi connectivity index (χ4n) is 2.75. The Hall–Kier alpha value is -1.06. The second-order valence-electron chi connectivity index (χ2n) is 5.22. The number of aryl methyl sites for hydroxylation is 1. The van der Waals surface area contributed by atoms with Crippen LogP contribution in [-0.2, 0) is 6.54 Å². The molecule has 1 unspecified atom stereocenters. The smallest absolute Gasteiger partial charge is 0.123 e. The Morgan fingerprint density at radius 1 is 1.44 bits per heavy atom.